The largest absolute Gasteiger partial charge is 0.318 e. The fraction of sp³-hybridized carbons (Fsp3) is 1.00. The van der Waals surface area contributed by atoms with E-state index in [0.717, 1.165) is 0 Å². The van der Waals surface area contributed by atoms with Gasteiger partial charge in [-0.25, -0.2) is 0 Å². The topological polar surface area (TPSA) is 19.0 Å². The molecule has 0 aromatic carbocycles. The standard InChI is InChI=1S/C7H20N3OP/c1-8(2)7(11-12,9(3)4)10(5)6/h12H2,1-6H3. The molecule has 0 saturated carbocycles. The number of hydrogen-bond acceptors (Lipinski definition) is 4. The Morgan fingerprint density at radius 1 is 0.833 bits per heavy atom. The molecule has 0 aromatic rings. The first kappa shape index (κ1) is 12.3. The lowest BCUT2D eigenvalue weighted by Gasteiger charge is -2.47. The maximum atomic E-state index is 5.42. The normalized spacial score (nSPS) is 13.5. The molecule has 0 radical (unpaired) electrons. The van der Waals surface area contributed by atoms with Crippen LogP contribution in [0.2, 0.25) is 0 Å². The van der Waals surface area contributed by atoms with Gasteiger partial charge in [-0.2, -0.15) is 0 Å². The molecule has 0 aromatic heterocycles. The lowest BCUT2D eigenvalue weighted by molar-refractivity contribution is -0.238. The van der Waals surface area contributed by atoms with E-state index < -0.39 is 5.97 Å². The highest BCUT2D eigenvalue weighted by Gasteiger charge is 2.37. The lowest BCUT2D eigenvalue weighted by Crippen LogP contribution is -2.64. The minimum absolute atomic E-state index is 0.495. The first-order chi connectivity index (χ1) is 5.39. The van der Waals surface area contributed by atoms with Crippen LogP contribution in [0.5, 0.6) is 0 Å². The van der Waals surface area contributed by atoms with Gasteiger partial charge < -0.3 is 4.52 Å². The first-order valence-corrected chi connectivity index (χ1v) is 4.27. The Morgan fingerprint density at radius 3 is 1.08 bits per heavy atom. The Labute approximate surface area is 77.7 Å². The summed E-state index contributed by atoms with van der Waals surface area (Å²) in [4.78, 5) is 6.00. The Kier molecular flexibility index (Phi) is 4.59. The fourth-order valence-electron chi connectivity index (χ4n) is 1.52. The van der Waals surface area contributed by atoms with Crippen molar-refractivity contribution in [2.45, 2.75) is 5.97 Å². The molecule has 0 aliphatic rings. The van der Waals surface area contributed by atoms with Crippen LogP contribution < -0.4 is 0 Å². The third kappa shape index (κ3) is 1.95. The van der Waals surface area contributed by atoms with Crippen molar-refractivity contribution in [3.8, 4) is 0 Å². The van der Waals surface area contributed by atoms with E-state index in [4.69, 9.17) is 4.52 Å². The average molecular weight is 193 g/mol. The fourth-order valence-corrected chi connectivity index (χ4v) is 2.15. The zero-order chi connectivity index (χ0) is 9.94. The van der Waals surface area contributed by atoms with Crippen LogP contribution in [0.4, 0.5) is 0 Å². The van der Waals surface area contributed by atoms with Crippen LogP contribution >= 0.6 is 9.47 Å². The molecule has 4 nitrogen and oxygen atoms in total. The number of nitrogens with zero attached hydrogens (tertiary/aromatic N) is 3. The van der Waals surface area contributed by atoms with Gasteiger partial charge in [-0.05, 0) is 42.3 Å². The van der Waals surface area contributed by atoms with Crippen LogP contribution in [-0.2, 0) is 4.52 Å². The molecule has 1 unspecified atom stereocenters. The minimum Gasteiger partial charge on any atom is -0.318 e. The smallest absolute Gasteiger partial charge is 0.244 e. The average Bonchev–Trinajstić information content (AvgIpc) is 1.86. The molecule has 0 fully saturated rings. The van der Waals surface area contributed by atoms with E-state index in [0.29, 0.717) is 0 Å². The molecule has 74 valence electrons. The third-order valence-electron chi connectivity index (χ3n) is 1.91. The van der Waals surface area contributed by atoms with Gasteiger partial charge in [0.1, 0.15) is 0 Å². The molecule has 0 N–H and O–H groups in total. The molecule has 0 heterocycles. The highest BCUT2D eigenvalue weighted by molar-refractivity contribution is 7.09. The van der Waals surface area contributed by atoms with Crippen molar-refractivity contribution in [1.29, 1.82) is 0 Å². The first-order valence-electron chi connectivity index (χ1n) is 3.79. The zero-order valence-electron chi connectivity index (χ0n) is 8.83. The maximum absolute atomic E-state index is 5.42. The van der Waals surface area contributed by atoms with Crippen LogP contribution in [0.15, 0.2) is 0 Å². The van der Waals surface area contributed by atoms with E-state index in [2.05, 4.69) is 9.47 Å². The van der Waals surface area contributed by atoms with E-state index in [1.165, 1.54) is 0 Å². The SMILES string of the molecule is CN(C)C(OP)(N(C)C)N(C)C. The van der Waals surface area contributed by atoms with Crippen molar-refractivity contribution in [2.75, 3.05) is 42.3 Å². The van der Waals surface area contributed by atoms with Crippen molar-refractivity contribution in [3.05, 3.63) is 0 Å². The molecule has 0 amide bonds. The highest BCUT2D eigenvalue weighted by Crippen LogP contribution is 2.22. The van der Waals surface area contributed by atoms with Crippen LogP contribution in [-0.4, -0.2) is 63.0 Å². The molecular formula is C7H20N3OP. The van der Waals surface area contributed by atoms with Gasteiger partial charge in [-0.3, -0.25) is 14.7 Å². The Bertz CT molecular complexity index is 117. The second-order valence-corrected chi connectivity index (χ2v) is 3.61. The summed E-state index contributed by atoms with van der Waals surface area (Å²) in [6.07, 6.45) is 0. The van der Waals surface area contributed by atoms with Crippen molar-refractivity contribution < 1.29 is 4.52 Å². The van der Waals surface area contributed by atoms with Gasteiger partial charge >= 0.3 is 0 Å². The van der Waals surface area contributed by atoms with Crippen LogP contribution in [0.3, 0.4) is 0 Å². The van der Waals surface area contributed by atoms with Gasteiger partial charge in [-0.1, -0.05) is 0 Å². The van der Waals surface area contributed by atoms with Gasteiger partial charge in [0.25, 0.3) is 0 Å². The van der Waals surface area contributed by atoms with Gasteiger partial charge in [0.15, 0.2) is 0 Å². The molecule has 0 saturated heterocycles. The molecule has 5 heteroatoms. The summed E-state index contributed by atoms with van der Waals surface area (Å²) in [5.41, 5.74) is 0. The number of rotatable bonds is 4. The van der Waals surface area contributed by atoms with Crippen molar-refractivity contribution in [2.24, 2.45) is 0 Å². The maximum Gasteiger partial charge on any atom is 0.244 e. The Hall–Kier alpha value is 0.270. The summed E-state index contributed by atoms with van der Waals surface area (Å²) in [6.45, 7) is 0. The Morgan fingerprint density at radius 2 is 1.08 bits per heavy atom. The molecule has 0 aliphatic carbocycles. The van der Waals surface area contributed by atoms with Crippen molar-refractivity contribution >= 4 is 9.47 Å². The highest BCUT2D eigenvalue weighted by atomic mass is 31.0. The summed E-state index contributed by atoms with van der Waals surface area (Å²) >= 11 is 0. The van der Waals surface area contributed by atoms with E-state index in [9.17, 15) is 0 Å². The van der Waals surface area contributed by atoms with Gasteiger partial charge in [0.2, 0.25) is 5.97 Å². The van der Waals surface area contributed by atoms with Crippen LogP contribution in [0.25, 0.3) is 0 Å². The molecule has 1 atom stereocenters. The molecule has 0 bridgehead atoms. The lowest BCUT2D eigenvalue weighted by atomic mass is 10.5. The summed E-state index contributed by atoms with van der Waals surface area (Å²) < 4.78 is 5.42. The molecular weight excluding hydrogens is 173 g/mol. The van der Waals surface area contributed by atoms with Crippen LogP contribution in [0, 0.1) is 0 Å². The van der Waals surface area contributed by atoms with Crippen molar-refractivity contribution in [1.82, 2.24) is 14.7 Å². The minimum atomic E-state index is -0.495. The monoisotopic (exact) mass is 193 g/mol. The van der Waals surface area contributed by atoms with Gasteiger partial charge in [0, 0.05) is 9.47 Å². The summed E-state index contributed by atoms with van der Waals surface area (Å²) in [5, 5.41) is 0. The molecule has 0 rings (SSSR count). The Balaban J connectivity index is 4.77. The summed E-state index contributed by atoms with van der Waals surface area (Å²) in [5.74, 6) is -0.495. The zero-order valence-corrected chi connectivity index (χ0v) is 9.98. The second kappa shape index (κ2) is 4.49. The molecule has 0 spiro atoms. The van der Waals surface area contributed by atoms with Crippen LogP contribution in [0.1, 0.15) is 0 Å². The van der Waals surface area contributed by atoms with E-state index >= 15 is 0 Å². The van der Waals surface area contributed by atoms with E-state index in [-0.39, 0.29) is 0 Å². The third-order valence-corrected chi connectivity index (χ3v) is 2.22. The van der Waals surface area contributed by atoms with Gasteiger partial charge in [-0.15, -0.1) is 0 Å². The summed E-state index contributed by atoms with van der Waals surface area (Å²) in [7, 11) is 14.2. The van der Waals surface area contributed by atoms with E-state index in [1.807, 2.05) is 57.0 Å². The second-order valence-electron chi connectivity index (χ2n) is 3.37. The predicted octanol–water partition coefficient (Wildman–Crippen LogP) is 0.0892. The van der Waals surface area contributed by atoms with Gasteiger partial charge in [0.05, 0.1) is 0 Å². The van der Waals surface area contributed by atoms with E-state index in [1.54, 1.807) is 0 Å². The quantitative estimate of drug-likeness (QED) is 0.465. The predicted molar refractivity (Wildman–Crippen MR) is 54.6 cm³/mol. The van der Waals surface area contributed by atoms with Crippen molar-refractivity contribution in [3.63, 3.8) is 0 Å². The molecule has 0 aliphatic heterocycles. The summed E-state index contributed by atoms with van der Waals surface area (Å²) in [6, 6.07) is 0. The molecule has 12 heavy (non-hydrogen) atoms. The number of hydrogen-bond donors (Lipinski definition) is 0.